The highest BCUT2D eigenvalue weighted by Gasteiger charge is 2.11. The molecule has 5 heteroatoms. The largest absolute Gasteiger partial charge is 0.383 e. The molecule has 0 atom stereocenters. The second-order valence-electron chi connectivity index (χ2n) is 3.79. The van der Waals surface area contributed by atoms with E-state index in [9.17, 15) is 0 Å². The van der Waals surface area contributed by atoms with Gasteiger partial charge in [0.2, 0.25) is 0 Å². The minimum atomic E-state index is 0.629. The summed E-state index contributed by atoms with van der Waals surface area (Å²) in [6.07, 6.45) is 0. The minimum absolute atomic E-state index is 0.629. The van der Waals surface area contributed by atoms with Crippen LogP contribution in [0.1, 0.15) is 13.8 Å². The van der Waals surface area contributed by atoms with Crippen molar-refractivity contribution in [2.45, 2.75) is 13.8 Å². The van der Waals surface area contributed by atoms with Crippen LogP contribution in [-0.4, -0.2) is 31.8 Å². The van der Waals surface area contributed by atoms with E-state index < -0.39 is 0 Å². The number of nitrogens with zero attached hydrogens (tertiary/aromatic N) is 2. The summed E-state index contributed by atoms with van der Waals surface area (Å²) in [5.41, 5.74) is 0. The van der Waals surface area contributed by atoms with Gasteiger partial charge in [0.15, 0.2) is 5.13 Å². The zero-order chi connectivity index (χ0) is 11.3. The Morgan fingerprint density at radius 1 is 1.60 bits per heavy atom. The van der Waals surface area contributed by atoms with Crippen LogP contribution in [0.4, 0.5) is 5.13 Å². The fourth-order valence-corrected chi connectivity index (χ4v) is 2.58. The second kappa shape index (κ2) is 6.45. The van der Waals surface area contributed by atoms with E-state index in [-0.39, 0.29) is 0 Å². The van der Waals surface area contributed by atoms with Crippen molar-refractivity contribution in [3.8, 4) is 0 Å². The number of hydrogen-bond acceptors (Lipinski definition) is 4. The third-order valence-corrected chi connectivity index (χ3v) is 3.50. The summed E-state index contributed by atoms with van der Waals surface area (Å²) in [6.45, 7) is 7.08. The molecule has 1 aromatic heterocycles. The molecule has 0 radical (unpaired) electrons. The lowest BCUT2D eigenvalue weighted by Crippen LogP contribution is -2.30. The number of hydrogen-bond donors (Lipinski definition) is 0. The van der Waals surface area contributed by atoms with E-state index in [1.165, 1.54) is 0 Å². The zero-order valence-corrected chi connectivity index (χ0v) is 11.8. The SMILES string of the molecule is COCCN(CC(C)C)c1nc(Br)cs1. The van der Waals surface area contributed by atoms with Gasteiger partial charge in [-0.3, -0.25) is 0 Å². The van der Waals surface area contributed by atoms with Crippen LogP contribution in [0.25, 0.3) is 0 Å². The van der Waals surface area contributed by atoms with Gasteiger partial charge in [0.25, 0.3) is 0 Å². The number of methoxy groups -OCH3 is 1. The first-order valence-corrected chi connectivity index (χ1v) is 6.65. The van der Waals surface area contributed by atoms with Crippen LogP contribution in [0.3, 0.4) is 0 Å². The fourth-order valence-electron chi connectivity index (χ4n) is 1.30. The maximum atomic E-state index is 5.11. The van der Waals surface area contributed by atoms with Crippen molar-refractivity contribution < 1.29 is 4.74 Å². The Balaban J connectivity index is 2.62. The Labute approximate surface area is 104 Å². The van der Waals surface area contributed by atoms with E-state index in [1.807, 2.05) is 5.38 Å². The van der Waals surface area contributed by atoms with Crippen LogP contribution in [0.15, 0.2) is 9.98 Å². The molecule has 0 saturated carbocycles. The maximum Gasteiger partial charge on any atom is 0.186 e. The van der Waals surface area contributed by atoms with Gasteiger partial charge < -0.3 is 9.64 Å². The summed E-state index contributed by atoms with van der Waals surface area (Å²) in [5.74, 6) is 0.629. The maximum absolute atomic E-state index is 5.11. The molecule has 0 aliphatic carbocycles. The van der Waals surface area contributed by atoms with Gasteiger partial charge in [-0.25, -0.2) is 4.98 Å². The number of ether oxygens (including phenoxy) is 1. The van der Waals surface area contributed by atoms with Crippen molar-refractivity contribution in [1.29, 1.82) is 0 Å². The molecule has 86 valence electrons. The monoisotopic (exact) mass is 292 g/mol. The molecule has 0 saturated heterocycles. The number of rotatable bonds is 6. The van der Waals surface area contributed by atoms with Crippen LogP contribution in [0.2, 0.25) is 0 Å². The zero-order valence-electron chi connectivity index (χ0n) is 9.36. The standard InChI is InChI=1S/C10H17BrN2OS/c1-8(2)6-13(4-5-14-3)10-12-9(11)7-15-10/h7-8H,4-6H2,1-3H3. The Kier molecular flexibility index (Phi) is 5.56. The van der Waals surface area contributed by atoms with Crippen molar-refractivity contribution in [2.24, 2.45) is 5.92 Å². The van der Waals surface area contributed by atoms with Gasteiger partial charge in [0.1, 0.15) is 4.60 Å². The van der Waals surface area contributed by atoms with Gasteiger partial charge >= 0.3 is 0 Å². The molecule has 0 unspecified atom stereocenters. The molecular weight excluding hydrogens is 276 g/mol. The minimum Gasteiger partial charge on any atom is -0.383 e. The van der Waals surface area contributed by atoms with Gasteiger partial charge in [0, 0.05) is 25.6 Å². The smallest absolute Gasteiger partial charge is 0.186 e. The molecular formula is C10H17BrN2OS. The highest BCUT2D eigenvalue weighted by atomic mass is 79.9. The number of anilines is 1. The lowest BCUT2D eigenvalue weighted by atomic mass is 10.2. The van der Waals surface area contributed by atoms with Crippen LogP contribution >= 0.6 is 27.3 Å². The van der Waals surface area contributed by atoms with Crippen molar-refractivity contribution in [3.05, 3.63) is 9.98 Å². The second-order valence-corrected chi connectivity index (χ2v) is 5.43. The Hall–Kier alpha value is -0.130. The summed E-state index contributed by atoms with van der Waals surface area (Å²) < 4.78 is 6.02. The third-order valence-electron chi connectivity index (χ3n) is 1.89. The summed E-state index contributed by atoms with van der Waals surface area (Å²) in [7, 11) is 1.73. The molecule has 0 aromatic carbocycles. The van der Waals surface area contributed by atoms with Crippen molar-refractivity contribution in [3.63, 3.8) is 0 Å². The van der Waals surface area contributed by atoms with Crippen LogP contribution < -0.4 is 4.90 Å². The van der Waals surface area contributed by atoms with Gasteiger partial charge in [-0.05, 0) is 21.8 Å². The van der Waals surface area contributed by atoms with E-state index in [0.29, 0.717) is 5.92 Å². The molecule has 0 spiro atoms. The summed E-state index contributed by atoms with van der Waals surface area (Å²) >= 11 is 5.04. The molecule has 1 aromatic rings. The Morgan fingerprint density at radius 2 is 2.33 bits per heavy atom. The normalized spacial score (nSPS) is 11.0. The van der Waals surface area contributed by atoms with Crippen molar-refractivity contribution in [1.82, 2.24) is 4.98 Å². The number of aromatic nitrogens is 1. The average Bonchev–Trinajstić information content (AvgIpc) is 2.58. The third kappa shape index (κ3) is 4.49. The van der Waals surface area contributed by atoms with Crippen molar-refractivity contribution in [2.75, 3.05) is 31.7 Å². The molecule has 3 nitrogen and oxygen atoms in total. The first-order chi connectivity index (χ1) is 7.13. The Bertz CT molecular complexity index is 291. The highest BCUT2D eigenvalue weighted by Crippen LogP contribution is 2.24. The van der Waals surface area contributed by atoms with E-state index in [1.54, 1.807) is 18.4 Å². The summed E-state index contributed by atoms with van der Waals surface area (Å²) in [5, 5.41) is 3.07. The van der Waals surface area contributed by atoms with Crippen LogP contribution in [0.5, 0.6) is 0 Å². The molecule has 0 bridgehead atoms. The van der Waals surface area contributed by atoms with Crippen molar-refractivity contribution >= 4 is 32.4 Å². The quantitative estimate of drug-likeness (QED) is 0.806. The molecule has 0 amide bonds. The van der Waals surface area contributed by atoms with E-state index in [4.69, 9.17) is 4.74 Å². The predicted octanol–water partition coefficient (Wildman–Crippen LogP) is 3.01. The van der Waals surface area contributed by atoms with E-state index in [2.05, 4.69) is 39.7 Å². The van der Waals surface area contributed by atoms with Gasteiger partial charge in [-0.2, -0.15) is 0 Å². The summed E-state index contributed by atoms with van der Waals surface area (Å²) in [6, 6.07) is 0. The Morgan fingerprint density at radius 3 is 2.80 bits per heavy atom. The molecule has 1 heterocycles. The molecule has 15 heavy (non-hydrogen) atoms. The molecule has 0 N–H and O–H groups in total. The number of halogens is 1. The van der Waals surface area contributed by atoms with E-state index >= 15 is 0 Å². The topological polar surface area (TPSA) is 25.4 Å². The lowest BCUT2D eigenvalue weighted by molar-refractivity contribution is 0.204. The lowest BCUT2D eigenvalue weighted by Gasteiger charge is -2.23. The fraction of sp³-hybridized carbons (Fsp3) is 0.700. The first-order valence-electron chi connectivity index (χ1n) is 4.98. The average molecular weight is 293 g/mol. The molecule has 0 fully saturated rings. The molecule has 0 aliphatic heterocycles. The molecule has 1 rings (SSSR count). The predicted molar refractivity (Wildman–Crippen MR) is 68.7 cm³/mol. The van der Waals surface area contributed by atoms with Gasteiger partial charge in [-0.15, -0.1) is 11.3 Å². The summed E-state index contributed by atoms with van der Waals surface area (Å²) in [4.78, 5) is 6.69. The van der Waals surface area contributed by atoms with E-state index in [0.717, 1.165) is 29.4 Å². The first kappa shape index (κ1) is 12.9. The molecule has 0 aliphatic rings. The number of thiazole rings is 1. The van der Waals surface area contributed by atoms with Crippen LogP contribution in [-0.2, 0) is 4.74 Å². The van der Waals surface area contributed by atoms with Crippen LogP contribution in [0, 0.1) is 5.92 Å². The van der Waals surface area contributed by atoms with Gasteiger partial charge in [0.05, 0.1) is 6.61 Å². The van der Waals surface area contributed by atoms with Gasteiger partial charge in [-0.1, -0.05) is 13.8 Å². The highest BCUT2D eigenvalue weighted by molar-refractivity contribution is 9.10.